The molecule has 4 aromatic rings. The second-order valence-electron chi connectivity index (χ2n) is 11.7. The number of amides is 2. The number of likely N-dealkylation sites (N-methyl/N-ethyl adjacent to an activating group) is 1. The molecule has 2 aromatic carbocycles. The lowest BCUT2D eigenvalue weighted by Crippen LogP contribution is -2.56. The molecule has 1 saturated heterocycles. The van der Waals surface area contributed by atoms with Crippen molar-refractivity contribution in [2.24, 2.45) is 0 Å². The van der Waals surface area contributed by atoms with Gasteiger partial charge in [0.15, 0.2) is 0 Å². The van der Waals surface area contributed by atoms with Gasteiger partial charge in [-0.15, -0.1) is 0 Å². The third-order valence-corrected chi connectivity index (χ3v) is 8.50. The summed E-state index contributed by atoms with van der Waals surface area (Å²) in [6.07, 6.45) is 4.34. The SMILES string of the molecule is CN(C(=O)OC(C)(C)C)[C@@H](Cc1ccc(OS(=O)(=O)c2nccc3ccccc23)cc1)C(=O)N1CCN(c2ncccn2)CC1. The molecule has 1 atom stereocenters. The lowest BCUT2D eigenvalue weighted by Gasteiger charge is -2.38. The quantitative estimate of drug-likeness (QED) is 0.263. The number of ether oxygens (including phenoxy) is 1. The number of fused-ring (bicyclic) bond motifs is 1. The first-order valence-corrected chi connectivity index (χ1v) is 16.0. The van der Waals surface area contributed by atoms with Crippen LogP contribution in [0.5, 0.6) is 5.75 Å². The molecule has 3 heterocycles. The van der Waals surface area contributed by atoms with Crippen molar-refractivity contribution >= 4 is 38.8 Å². The second kappa shape index (κ2) is 13.1. The van der Waals surface area contributed by atoms with Gasteiger partial charge < -0.3 is 18.7 Å². The Hall–Kier alpha value is -4.78. The topological polar surface area (TPSA) is 135 Å². The number of pyridine rings is 1. The first-order chi connectivity index (χ1) is 21.4. The van der Waals surface area contributed by atoms with Gasteiger partial charge in [-0.25, -0.2) is 19.7 Å². The Morgan fingerprint density at radius 1 is 0.889 bits per heavy atom. The number of hydrogen-bond donors (Lipinski definition) is 0. The minimum absolute atomic E-state index is 0.0936. The fraction of sp³-hybridized carbons (Fsp3) is 0.344. The first-order valence-electron chi connectivity index (χ1n) is 14.5. The number of nitrogens with zero attached hydrogens (tertiary/aromatic N) is 6. The molecule has 0 aliphatic carbocycles. The molecule has 1 fully saturated rings. The number of piperazine rings is 1. The van der Waals surface area contributed by atoms with Gasteiger partial charge in [0.05, 0.1) is 0 Å². The molecule has 236 valence electrons. The van der Waals surface area contributed by atoms with Crippen molar-refractivity contribution in [2.75, 3.05) is 38.1 Å². The van der Waals surface area contributed by atoms with Crippen LogP contribution in [-0.2, 0) is 26.1 Å². The van der Waals surface area contributed by atoms with Gasteiger partial charge in [0.1, 0.15) is 17.4 Å². The molecule has 0 unspecified atom stereocenters. The van der Waals surface area contributed by atoms with Crippen LogP contribution < -0.4 is 9.08 Å². The average Bonchev–Trinajstić information content (AvgIpc) is 3.03. The number of rotatable bonds is 8. The fourth-order valence-electron chi connectivity index (χ4n) is 5.00. The summed E-state index contributed by atoms with van der Waals surface area (Å²) >= 11 is 0. The van der Waals surface area contributed by atoms with Crippen LogP contribution in [0.1, 0.15) is 26.3 Å². The first kappa shape index (κ1) is 31.6. The van der Waals surface area contributed by atoms with Crippen molar-refractivity contribution in [3.05, 3.63) is 84.8 Å². The van der Waals surface area contributed by atoms with Gasteiger partial charge in [-0.1, -0.05) is 36.4 Å². The summed E-state index contributed by atoms with van der Waals surface area (Å²) in [5.74, 6) is 0.477. The minimum atomic E-state index is -4.22. The van der Waals surface area contributed by atoms with E-state index in [1.807, 2.05) is 11.0 Å². The van der Waals surface area contributed by atoms with Crippen LogP contribution in [0, 0.1) is 0 Å². The molecule has 0 spiro atoms. The maximum absolute atomic E-state index is 13.9. The Bertz CT molecular complexity index is 1750. The average molecular weight is 633 g/mol. The zero-order chi connectivity index (χ0) is 32.2. The standard InChI is InChI=1S/C32H36N6O6S/c1-32(2,3)43-31(40)36(4)27(29(39)37-18-20-38(21-19-37)30-34-15-7-16-35-30)22-23-10-12-25(13-11-23)44-45(41,42)28-26-9-6-5-8-24(26)14-17-33-28/h5-17,27H,18-22H2,1-4H3/t27-/m0/s1. The highest BCUT2D eigenvalue weighted by atomic mass is 32.2. The summed E-state index contributed by atoms with van der Waals surface area (Å²) in [6, 6.07) is 16.0. The molecule has 1 aliphatic heterocycles. The molecule has 2 amide bonds. The van der Waals surface area contributed by atoms with Crippen molar-refractivity contribution in [3.63, 3.8) is 0 Å². The van der Waals surface area contributed by atoms with E-state index in [0.29, 0.717) is 43.1 Å². The Morgan fingerprint density at radius 3 is 2.22 bits per heavy atom. The zero-order valence-corrected chi connectivity index (χ0v) is 26.5. The molecule has 5 rings (SSSR count). The highest BCUT2D eigenvalue weighted by molar-refractivity contribution is 7.87. The normalized spacial score (nSPS) is 14.6. The van der Waals surface area contributed by atoms with Crippen LogP contribution >= 0.6 is 0 Å². The molecule has 12 nitrogen and oxygen atoms in total. The van der Waals surface area contributed by atoms with E-state index < -0.39 is 27.9 Å². The van der Waals surface area contributed by atoms with Crippen molar-refractivity contribution in [1.82, 2.24) is 24.8 Å². The van der Waals surface area contributed by atoms with E-state index in [4.69, 9.17) is 8.92 Å². The maximum atomic E-state index is 13.9. The Labute approximate surface area is 262 Å². The van der Waals surface area contributed by atoms with E-state index in [1.165, 1.54) is 23.2 Å². The molecule has 0 saturated carbocycles. The van der Waals surface area contributed by atoms with Crippen molar-refractivity contribution in [2.45, 2.75) is 43.9 Å². The lowest BCUT2D eigenvalue weighted by atomic mass is 10.0. The van der Waals surface area contributed by atoms with Crippen LogP contribution in [0.15, 0.2) is 84.3 Å². The summed E-state index contributed by atoms with van der Waals surface area (Å²) in [5, 5.41) is 1.01. The molecule has 0 bridgehead atoms. The van der Waals surface area contributed by atoms with Gasteiger partial charge in [0, 0.05) is 63.6 Å². The minimum Gasteiger partial charge on any atom is -0.444 e. The van der Waals surface area contributed by atoms with Crippen molar-refractivity contribution in [1.29, 1.82) is 0 Å². The number of aromatic nitrogens is 3. The number of carbonyl (C=O) groups is 2. The highest BCUT2D eigenvalue weighted by Gasteiger charge is 2.35. The van der Waals surface area contributed by atoms with Crippen molar-refractivity contribution in [3.8, 4) is 5.75 Å². The molecular formula is C32H36N6O6S. The summed E-state index contributed by atoms with van der Waals surface area (Å²) in [4.78, 5) is 44.7. The molecule has 0 N–H and O–H groups in total. The number of hydrogen-bond acceptors (Lipinski definition) is 10. The van der Waals surface area contributed by atoms with E-state index in [0.717, 1.165) is 5.39 Å². The van der Waals surface area contributed by atoms with E-state index in [9.17, 15) is 18.0 Å². The van der Waals surface area contributed by atoms with Crippen LogP contribution in [0.4, 0.5) is 10.7 Å². The molecule has 0 radical (unpaired) electrons. The predicted molar refractivity (Wildman–Crippen MR) is 168 cm³/mol. The monoisotopic (exact) mass is 632 g/mol. The van der Waals surface area contributed by atoms with Gasteiger partial charge in [0.25, 0.3) is 0 Å². The largest absolute Gasteiger partial charge is 0.444 e. The molecular weight excluding hydrogens is 596 g/mol. The summed E-state index contributed by atoms with van der Waals surface area (Å²) in [6.45, 7) is 7.25. The second-order valence-corrected chi connectivity index (χ2v) is 13.2. The van der Waals surface area contributed by atoms with E-state index in [-0.39, 0.29) is 23.1 Å². The summed E-state index contributed by atoms with van der Waals surface area (Å²) < 4.78 is 37.3. The zero-order valence-electron chi connectivity index (χ0n) is 25.7. The van der Waals surface area contributed by atoms with Gasteiger partial charge in [0.2, 0.25) is 16.9 Å². The van der Waals surface area contributed by atoms with Gasteiger partial charge in [-0.3, -0.25) is 9.69 Å². The Morgan fingerprint density at radius 2 is 1.56 bits per heavy atom. The Balaban J connectivity index is 1.32. The molecule has 1 aliphatic rings. The van der Waals surface area contributed by atoms with Gasteiger partial charge >= 0.3 is 16.2 Å². The third-order valence-electron chi connectivity index (χ3n) is 7.29. The Kier molecular flexibility index (Phi) is 9.19. The van der Waals surface area contributed by atoms with Gasteiger partial charge in [-0.2, -0.15) is 8.42 Å². The predicted octanol–water partition coefficient (Wildman–Crippen LogP) is 3.92. The highest BCUT2D eigenvalue weighted by Crippen LogP contribution is 2.25. The molecule has 13 heteroatoms. The van der Waals surface area contributed by atoms with E-state index in [2.05, 4.69) is 15.0 Å². The smallest absolute Gasteiger partial charge is 0.410 e. The third kappa shape index (κ3) is 7.66. The van der Waals surface area contributed by atoms with Crippen LogP contribution in [0.25, 0.3) is 10.8 Å². The fourth-order valence-corrected chi connectivity index (χ4v) is 6.09. The molecule has 45 heavy (non-hydrogen) atoms. The van der Waals surface area contributed by atoms with E-state index >= 15 is 0 Å². The number of benzene rings is 2. The van der Waals surface area contributed by atoms with Crippen LogP contribution in [0.2, 0.25) is 0 Å². The summed E-state index contributed by atoms with van der Waals surface area (Å²) in [7, 11) is -2.68. The lowest BCUT2D eigenvalue weighted by molar-refractivity contribution is -0.136. The number of anilines is 1. The molecule has 2 aromatic heterocycles. The van der Waals surface area contributed by atoms with Crippen molar-refractivity contribution < 1.29 is 26.9 Å². The van der Waals surface area contributed by atoms with E-state index in [1.54, 1.807) is 87.6 Å². The maximum Gasteiger partial charge on any atom is 0.410 e. The van der Waals surface area contributed by atoms with Gasteiger partial charge in [-0.05, 0) is 56.0 Å². The summed E-state index contributed by atoms with van der Waals surface area (Å²) in [5.41, 5.74) is -0.0444. The van der Waals surface area contributed by atoms with Crippen LogP contribution in [0.3, 0.4) is 0 Å². The van der Waals surface area contributed by atoms with Crippen LogP contribution in [-0.4, -0.2) is 90.0 Å². The number of carbonyl (C=O) groups excluding carboxylic acids is 2.